The lowest BCUT2D eigenvalue weighted by atomic mass is 9.87. The van der Waals surface area contributed by atoms with E-state index in [9.17, 15) is 14.9 Å². The summed E-state index contributed by atoms with van der Waals surface area (Å²) in [6, 6.07) is 18.0. The number of oxazole rings is 1. The molecule has 0 unspecified atom stereocenters. The van der Waals surface area contributed by atoms with Gasteiger partial charge in [-0.05, 0) is 78.5 Å². The molecule has 1 aromatic heterocycles. The largest absolute Gasteiger partial charge is 0.436 e. The fourth-order valence-corrected chi connectivity index (χ4v) is 4.83. The second-order valence-corrected chi connectivity index (χ2v) is 11.0. The molecule has 1 saturated heterocycles. The van der Waals surface area contributed by atoms with Crippen LogP contribution in [-0.2, 0) is 5.41 Å². The molecule has 4 aromatic rings. The summed E-state index contributed by atoms with van der Waals surface area (Å²) in [7, 11) is 0. The van der Waals surface area contributed by atoms with Crippen LogP contribution in [0.4, 0.5) is 17.1 Å². The maximum atomic E-state index is 12.8. The summed E-state index contributed by atoms with van der Waals surface area (Å²) in [6.07, 6.45) is 1.98. The van der Waals surface area contributed by atoms with Gasteiger partial charge < -0.3 is 14.6 Å². The second kappa shape index (κ2) is 10.5. The number of fused-ring (bicyclic) bond motifs is 1. The van der Waals surface area contributed by atoms with Crippen molar-refractivity contribution in [1.82, 2.24) is 10.3 Å². The molecule has 3 aromatic carbocycles. The molecule has 1 aliphatic rings. The Kier molecular flexibility index (Phi) is 7.05. The van der Waals surface area contributed by atoms with Gasteiger partial charge in [0.05, 0.1) is 4.92 Å². The Morgan fingerprint density at radius 3 is 2.44 bits per heavy atom. The van der Waals surface area contributed by atoms with Gasteiger partial charge in [0, 0.05) is 36.0 Å². The average Bonchev–Trinajstić information content (AvgIpc) is 3.58. The highest BCUT2D eigenvalue weighted by atomic mass is 32.1. The first-order valence-corrected chi connectivity index (χ1v) is 13.2. The highest BCUT2D eigenvalue weighted by Crippen LogP contribution is 2.32. The Balaban J connectivity index is 1.27. The maximum Gasteiger partial charge on any atom is 0.293 e. The summed E-state index contributed by atoms with van der Waals surface area (Å²) in [6.45, 7) is 8.02. The van der Waals surface area contributed by atoms with Gasteiger partial charge in [-0.1, -0.05) is 32.9 Å². The number of nitro benzene ring substituents is 1. The van der Waals surface area contributed by atoms with Crippen LogP contribution in [-0.4, -0.2) is 34.0 Å². The second-order valence-electron chi connectivity index (χ2n) is 10.6. The lowest BCUT2D eigenvalue weighted by molar-refractivity contribution is -0.384. The molecule has 2 N–H and O–H groups in total. The summed E-state index contributed by atoms with van der Waals surface area (Å²) in [4.78, 5) is 30.6. The minimum absolute atomic E-state index is 0.0556. The Labute approximate surface area is 231 Å². The lowest BCUT2D eigenvalue weighted by Gasteiger charge is -2.18. The van der Waals surface area contributed by atoms with Gasteiger partial charge in [0.2, 0.25) is 5.89 Å². The van der Waals surface area contributed by atoms with Gasteiger partial charge in [0.15, 0.2) is 10.7 Å². The Hall–Kier alpha value is -4.31. The van der Waals surface area contributed by atoms with Gasteiger partial charge in [-0.25, -0.2) is 4.98 Å². The van der Waals surface area contributed by atoms with Crippen LogP contribution in [0.25, 0.3) is 22.6 Å². The number of nitro groups is 1. The minimum atomic E-state index is -0.535. The van der Waals surface area contributed by atoms with E-state index in [1.54, 1.807) is 30.3 Å². The van der Waals surface area contributed by atoms with E-state index in [2.05, 4.69) is 48.5 Å². The highest BCUT2D eigenvalue weighted by Gasteiger charge is 2.24. The fourth-order valence-electron chi connectivity index (χ4n) is 4.62. The number of hydrogen-bond donors (Lipinski definition) is 2. The van der Waals surface area contributed by atoms with Gasteiger partial charge in [-0.2, -0.15) is 0 Å². The number of anilines is 2. The first-order chi connectivity index (χ1) is 18.6. The van der Waals surface area contributed by atoms with E-state index in [1.807, 2.05) is 17.0 Å². The quantitative estimate of drug-likeness (QED) is 0.168. The van der Waals surface area contributed by atoms with Crippen LogP contribution in [0.1, 0.15) is 49.5 Å². The molecule has 0 atom stereocenters. The first-order valence-electron chi connectivity index (χ1n) is 12.8. The molecule has 0 aliphatic carbocycles. The van der Waals surface area contributed by atoms with Crippen LogP contribution in [0, 0.1) is 10.1 Å². The van der Waals surface area contributed by atoms with Crippen molar-refractivity contribution in [2.75, 3.05) is 23.3 Å². The normalized spacial score (nSPS) is 13.5. The van der Waals surface area contributed by atoms with Crippen LogP contribution >= 0.6 is 12.2 Å². The van der Waals surface area contributed by atoms with Crippen molar-refractivity contribution in [2.45, 2.75) is 39.0 Å². The van der Waals surface area contributed by atoms with Crippen molar-refractivity contribution >= 4 is 51.4 Å². The van der Waals surface area contributed by atoms with Crippen molar-refractivity contribution in [3.05, 3.63) is 81.9 Å². The Bertz CT molecular complexity index is 1570. The SMILES string of the molecule is CC(C)(C)c1ccc(-c2nc3cc(NC(=S)NC(=O)c4ccc(N5CCCC5)c([N+](=O)[O-])c4)ccc3o2)cc1. The third-order valence-corrected chi connectivity index (χ3v) is 6.96. The third-order valence-electron chi connectivity index (χ3n) is 6.75. The van der Waals surface area contributed by atoms with Crippen molar-refractivity contribution in [1.29, 1.82) is 0 Å². The zero-order chi connectivity index (χ0) is 27.7. The molecule has 0 bridgehead atoms. The Morgan fingerprint density at radius 2 is 1.77 bits per heavy atom. The van der Waals surface area contributed by atoms with Crippen molar-refractivity contribution < 1.29 is 14.1 Å². The van der Waals surface area contributed by atoms with E-state index in [4.69, 9.17) is 16.6 Å². The van der Waals surface area contributed by atoms with Crippen molar-refractivity contribution in [3.8, 4) is 11.5 Å². The predicted molar refractivity (Wildman–Crippen MR) is 156 cm³/mol. The van der Waals surface area contributed by atoms with E-state index >= 15 is 0 Å². The van der Waals surface area contributed by atoms with Crippen LogP contribution < -0.4 is 15.5 Å². The number of nitrogens with one attached hydrogen (secondary N) is 2. The summed E-state index contributed by atoms with van der Waals surface area (Å²) < 4.78 is 5.94. The van der Waals surface area contributed by atoms with Crippen LogP contribution in [0.5, 0.6) is 0 Å². The number of carbonyl (C=O) groups excluding carboxylic acids is 1. The zero-order valence-corrected chi connectivity index (χ0v) is 22.8. The first kappa shape index (κ1) is 26.3. The van der Waals surface area contributed by atoms with E-state index < -0.39 is 10.8 Å². The topological polar surface area (TPSA) is 114 Å². The third kappa shape index (κ3) is 5.75. The molecule has 0 radical (unpaired) electrons. The molecule has 200 valence electrons. The molecule has 1 amide bonds. The van der Waals surface area contributed by atoms with E-state index in [0.717, 1.165) is 31.5 Å². The smallest absolute Gasteiger partial charge is 0.293 e. The van der Waals surface area contributed by atoms with Gasteiger partial charge in [-0.3, -0.25) is 20.2 Å². The molecule has 0 saturated carbocycles. The number of rotatable bonds is 5. The molecule has 1 fully saturated rings. The number of carbonyl (C=O) groups is 1. The van der Waals surface area contributed by atoms with Gasteiger partial charge >= 0.3 is 0 Å². The lowest BCUT2D eigenvalue weighted by Crippen LogP contribution is -2.34. The number of hydrogen-bond acceptors (Lipinski definition) is 7. The molecule has 1 aliphatic heterocycles. The number of amides is 1. The fraction of sp³-hybridized carbons (Fsp3) is 0.276. The van der Waals surface area contributed by atoms with E-state index in [1.165, 1.54) is 11.6 Å². The summed E-state index contributed by atoms with van der Waals surface area (Å²) >= 11 is 5.33. The van der Waals surface area contributed by atoms with Crippen molar-refractivity contribution in [2.24, 2.45) is 0 Å². The monoisotopic (exact) mass is 543 g/mol. The summed E-state index contributed by atoms with van der Waals surface area (Å²) in [5.74, 6) is -0.0236. The average molecular weight is 544 g/mol. The van der Waals surface area contributed by atoms with Gasteiger partial charge in [0.1, 0.15) is 11.2 Å². The molecular formula is C29H29N5O4S. The zero-order valence-electron chi connectivity index (χ0n) is 22.0. The number of nitrogens with zero attached hydrogens (tertiary/aromatic N) is 3. The summed E-state index contributed by atoms with van der Waals surface area (Å²) in [5.41, 5.74) is 4.62. The van der Waals surface area contributed by atoms with E-state index in [0.29, 0.717) is 28.4 Å². The van der Waals surface area contributed by atoms with Crippen LogP contribution in [0.3, 0.4) is 0 Å². The molecule has 5 rings (SSSR count). The number of benzene rings is 3. The molecule has 0 spiro atoms. The van der Waals surface area contributed by atoms with Crippen molar-refractivity contribution in [3.63, 3.8) is 0 Å². The molecule has 10 heteroatoms. The predicted octanol–water partition coefficient (Wildman–Crippen LogP) is 6.43. The van der Waals surface area contributed by atoms with Gasteiger partial charge in [-0.15, -0.1) is 0 Å². The van der Waals surface area contributed by atoms with Crippen LogP contribution in [0.15, 0.2) is 65.1 Å². The molecular weight excluding hydrogens is 514 g/mol. The summed E-state index contributed by atoms with van der Waals surface area (Å²) in [5, 5.41) is 17.3. The molecule has 2 heterocycles. The number of thiocarbonyl (C=S) groups is 1. The Morgan fingerprint density at radius 1 is 1.05 bits per heavy atom. The standard InChI is InChI=1S/C29H29N5O4S/c1-29(2,3)20-9-6-18(7-10-20)27-31-22-17-21(11-13-25(22)38-27)30-28(39)32-26(35)19-8-12-23(24(16-19)34(36)37)33-14-4-5-15-33/h6-13,16-17H,4-5,14-15H2,1-3H3,(H2,30,32,35,39). The highest BCUT2D eigenvalue weighted by molar-refractivity contribution is 7.80. The van der Waals surface area contributed by atoms with E-state index in [-0.39, 0.29) is 21.8 Å². The van der Waals surface area contributed by atoms with Gasteiger partial charge in [0.25, 0.3) is 11.6 Å². The minimum Gasteiger partial charge on any atom is -0.436 e. The number of aromatic nitrogens is 1. The van der Waals surface area contributed by atoms with Crippen LogP contribution in [0.2, 0.25) is 0 Å². The molecule has 9 nitrogen and oxygen atoms in total. The maximum absolute atomic E-state index is 12.8. The molecule has 39 heavy (non-hydrogen) atoms.